The Kier molecular flexibility index (Phi) is 4.67. The third kappa shape index (κ3) is 3.61. The number of halogens is 1. The summed E-state index contributed by atoms with van der Waals surface area (Å²) in [5, 5.41) is 23.9. The van der Waals surface area contributed by atoms with Crippen LogP contribution in [0, 0.1) is 0 Å². The van der Waals surface area contributed by atoms with E-state index in [4.69, 9.17) is 11.6 Å². The molecule has 0 amide bonds. The number of aryl methyl sites for hydroxylation is 1. The lowest BCUT2D eigenvalue weighted by atomic mass is 9.88. The molecule has 0 bridgehead atoms. The molecule has 1 unspecified atom stereocenters. The van der Waals surface area contributed by atoms with Gasteiger partial charge in [0.2, 0.25) is 0 Å². The summed E-state index contributed by atoms with van der Waals surface area (Å²) in [4.78, 5) is 0. The third-order valence-corrected chi connectivity index (χ3v) is 4.49. The van der Waals surface area contributed by atoms with Gasteiger partial charge in [-0.15, -0.1) is 0 Å². The number of hydrogen-bond acceptors (Lipinski definition) is 3. The zero-order valence-corrected chi connectivity index (χ0v) is 13.1. The van der Waals surface area contributed by atoms with E-state index in [1.165, 1.54) is 11.1 Å². The molecule has 2 atom stereocenters. The molecule has 22 heavy (non-hydrogen) atoms. The Hall–Kier alpha value is -1.55. The van der Waals surface area contributed by atoms with Gasteiger partial charge in [-0.2, -0.15) is 0 Å². The van der Waals surface area contributed by atoms with Gasteiger partial charge >= 0.3 is 0 Å². The van der Waals surface area contributed by atoms with Crippen LogP contribution in [-0.2, 0) is 12.8 Å². The van der Waals surface area contributed by atoms with Crippen molar-refractivity contribution in [2.75, 3.05) is 6.54 Å². The number of nitrogens with one attached hydrogen (secondary N) is 1. The molecule has 2 aromatic carbocycles. The first-order valence-corrected chi connectivity index (χ1v) is 7.97. The first-order chi connectivity index (χ1) is 10.6. The normalized spacial score (nSPS) is 18.7. The van der Waals surface area contributed by atoms with Gasteiger partial charge < -0.3 is 15.5 Å². The zero-order valence-electron chi connectivity index (χ0n) is 12.3. The number of hydrogen-bond donors (Lipinski definition) is 3. The van der Waals surface area contributed by atoms with Crippen molar-refractivity contribution in [3.63, 3.8) is 0 Å². The lowest BCUT2D eigenvalue weighted by molar-refractivity contribution is 0.168. The Bertz CT molecular complexity index is 659. The van der Waals surface area contributed by atoms with Gasteiger partial charge in [0.05, 0.1) is 6.10 Å². The van der Waals surface area contributed by atoms with E-state index in [0.29, 0.717) is 23.4 Å². The van der Waals surface area contributed by atoms with Crippen LogP contribution < -0.4 is 5.32 Å². The first kappa shape index (κ1) is 15.3. The van der Waals surface area contributed by atoms with Crippen LogP contribution >= 0.6 is 11.6 Å². The average molecular weight is 318 g/mol. The number of benzene rings is 2. The molecule has 116 valence electrons. The predicted octanol–water partition coefficient (Wildman–Crippen LogP) is 3.23. The van der Waals surface area contributed by atoms with Crippen LogP contribution in [0.25, 0.3) is 0 Å². The molecule has 0 fully saturated rings. The lowest BCUT2D eigenvalue weighted by Gasteiger charge is -2.26. The second kappa shape index (κ2) is 6.69. The van der Waals surface area contributed by atoms with E-state index in [1.54, 1.807) is 18.2 Å². The van der Waals surface area contributed by atoms with Crippen LogP contribution in [0.3, 0.4) is 0 Å². The minimum absolute atomic E-state index is 0.318. The number of phenols is 1. The SMILES string of the molecule is Oc1ccc2c(c1)CC(NC[C@H](O)c1cccc(Cl)c1)CC2. The zero-order chi connectivity index (χ0) is 15.5. The number of aliphatic hydroxyl groups excluding tert-OH is 1. The molecule has 2 aromatic rings. The molecule has 3 N–H and O–H groups in total. The van der Waals surface area contributed by atoms with Crippen molar-refractivity contribution in [2.45, 2.75) is 31.4 Å². The smallest absolute Gasteiger partial charge is 0.115 e. The van der Waals surface area contributed by atoms with E-state index in [1.807, 2.05) is 24.3 Å². The van der Waals surface area contributed by atoms with Crippen molar-refractivity contribution < 1.29 is 10.2 Å². The van der Waals surface area contributed by atoms with Gasteiger partial charge in [0.25, 0.3) is 0 Å². The fourth-order valence-corrected chi connectivity index (χ4v) is 3.23. The monoisotopic (exact) mass is 317 g/mol. The van der Waals surface area contributed by atoms with Crippen molar-refractivity contribution in [3.05, 3.63) is 64.2 Å². The molecule has 1 aliphatic rings. The first-order valence-electron chi connectivity index (χ1n) is 7.59. The van der Waals surface area contributed by atoms with E-state index in [9.17, 15) is 10.2 Å². The number of phenolic OH excluding ortho intramolecular Hbond substituents is 1. The maximum absolute atomic E-state index is 10.3. The van der Waals surface area contributed by atoms with Gasteiger partial charge in [0.1, 0.15) is 5.75 Å². The molecule has 0 aromatic heterocycles. The predicted molar refractivity (Wildman–Crippen MR) is 88.3 cm³/mol. The highest BCUT2D eigenvalue weighted by Crippen LogP contribution is 2.25. The number of aliphatic hydroxyl groups is 1. The Balaban J connectivity index is 1.58. The summed E-state index contributed by atoms with van der Waals surface area (Å²) in [5.41, 5.74) is 3.33. The molecule has 0 heterocycles. The Morgan fingerprint density at radius 3 is 2.86 bits per heavy atom. The third-order valence-electron chi connectivity index (χ3n) is 4.25. The quantitative estimate of drug-likeness (QED) is 0.811. The van der Waals surface area contributed by atoms with Crippen molar-refractivity contribution in [1.29, 1.82) is 0 Å². The van der Waals surface area contributed by atoms with Crippen molar-refractivity contribution >= 4 is 11.6 Å². The van der Waals surface area contributed by atoms with Crippen LogP contribution in [0.15, 0.2) is 42.5 Å². The molecular weight excluding hydrogens is 298 g/mol. The second-order valence-corrected chi connectivity index (χ2v) is 6.31. The van der Waals surface area contributed by atoms with Crippen molar-refractivity contribution in [3.8, 4) is 5.75 Å². The summed E-state index contributed by atoms with van der Waals surface area (Å²) in [5.74, 6) is 0.318. The van der Waals surface area contributed by atoms with Crippen molar-refractivity contribution in [1.82, 2.24) is 5.32 Å². The van der Waals surface area contributed by atoms with Gasteiger partial charge in [-0.3, -0.25) is 0 Å². The Labute approximate surface area is 135 Å². The lowest BCUT2D eigenvalue weighted by Crippen LogP contribution is -2.37. The minimum Gasteiger partial charge on any atom is -0.508 e. The van der Waals surface area contributed by atoms with Gasteiger partial charge in [-0.1, -0.05) is 29.8 Å². The van der Waals surface area contributed by atoms with E-state index in [0.717, 1.165) is 24.8 Å². The molecule has 4 heteroatoms. The standard InChI is InChI=1S/C18H20ClNO2/c19-15-3-1-2-13(8-15)18(22)11-20-16-6-4-12-5-7-17(21)10-14(12)9-16/h1-3,5,7-8,10,16,18,20-22H,4,6,9,11H2/t16?,18-/m0/s1. The van der Waals surface area contributed by atoms with Gasteiger partial charge in [0.15, 0.2) is 0 Å². The van der Waals surface area contributed by atoms with Gasteiger partial charge in [-0.05, 0) is 60.2 Å². The maximum Gasteiger partial charge on any atom is 0.115 e. The molecule has 0 spiro atoms. The minimum atomic E-state index is -0.565. The molecule has 0 radical (unpaired) electrons. The summed E-state index contributed by atoms with van der Waals surface area (Å²) >= 11 is 5.95. The summed E-state index contributed by atoms with van der Waals surface area (Å²) in [6.45, 7) is 0.499. The fraction of sp³-hybridized carbons (Fsp3) is 0.333. The van der Waals surface area contributed by atoms with Gasteiger partial charge in [0, 0.05) is 17.6 Å². The average Bonchev–Trinajstić information content (AvgIpc) is 2.52. The number of fused-ring (bicyclic) bond motifs is 1. The largest absolute Gasteiger partial charge is 0.508 e. The highest BCUT2D eigenvalue weighted by atomic mass is 35.5. The molecular formula is C18H20ClNO2. The highest BCUT2D eigenvalue weighted by Gasteiger charge is 2.19. The van der Waals surface area contributed by atoms with E-state index in [2.05, 4.69) is 5.32 Å². The molecule has 3 rings (SSSR count). The van der Waals surface area contributed by atoms with Crippen molar-refractivity contribution in [2.24, 2.45) is 0 Å². The summed E-state index contributed by atoms with van der Waals surface area (Å²) < 4.78 is 0. The summed E-state index contributed by atoms with van der Waals surface area (Å²) in [6, 6.07) is 13.2. The van der Waals surface area contributed by atoms with Crippen LogP contribution in [0.5, 0.6) is 5.75 Å². The molecule has 0 aliphatic heterocycles. The number of aromatic hydroxyl groups is 1. The second-order valence-electron chi connectivity index (χ2n) is 5.87. The van der Waals surface area contributed by atoms with Crippen LogP contribution in [0.1, 0.15) is 29.2 Å². The Morgan fingerprint density at radius 1 is 1.18 bits per heavy atom. The summed E-state index contributed by atoms with van der Waals surface area (Å²) in [6.07, 6.45) is 2.36. The maximum atomic E-state index is 10.3. The summed E-state index contributed by atoms with van der Waals surface area (Å²) in [7, 11) is 0. The molecule has 0 saturated carbocycles. The fourth-order valence-electron chi connectivity index (χ4n) is 3.03. The molecule has 0 saturated heterocycles. The molecule has 3 nitrogen and oxygen atoms in total. The van der Waals surface area contributed by atoms with Gasteiger partial charge in [-0.25, -0.2) is 0 Å². The van der Waals surface area contributed by atoms with E-state index in [-0.39, 0.29) is 0 Å². The topological polar surface area (TPSA) is 52.5 Å². The van der Waals surface area contributed by atoms with Crippen LogP contribution in [0.2, 0.25) is 5.02 Å². The van der Waals surface area contributed by atoms with E-state index >= 15 is 0 Å². The molecule has 1 aliphatic carbocycles. The highest BCUT2D eigenvalue weighted by molar-refractivity contribution is 6.30. The van der Waals surface area contributed by atoms with E-state index < -0.39 is 6.10 Å². The van der Waals surface area contributed by atoms with Crippen LogP contribution in [-0.4, -0.2) is 22.8 Å². The Morgan fingerprint density at radius 2 is 2.05 bits per heavy atom. The number of rotatable bonds is 4. The van der Waals surface area contributed by atoms with Crippen LogP contribution in [0.4, 0.5) is 0 Å².